The van der Waals surface area contributed by atoms with Crippen molar-refractivity contribution in [1.29, 1.82) is 0 Å². The second kappa shape index (κ2) is 8.48. The van der Waals surface area contributed by atoms with E-state index in [1.165, 1.54) is 11.1 Å². The minimum Gasteiger partial charge on any atom is -0.492 e. The molecule has 2 saturated heterocycles. The molecule has 3 fully saturated rings. The highest BCUT2D eigenvalue weighted by Gasteiger charge is 2.43. The lowest BCUT2D eigenvalue weighted by molar-refractivity contribution is -0.0520. The molecule has 5 nitrogen and oxygen atoms in total. The van der Waals surface area contributed by atoms with Crippen LogP contribution in [0.15, 0.2) is 18.2 Å². The molecule has 4 atom stereocenters. The smallest absolute Gasteiger partial charge is 0.119 e. The molecule has 0 unspecified atom stereocenters. The van der Waals surface area contributed by atoms with Gasteiger partial charge >= 0.3 is 0 Å². The van der Waals surface area contributed by atoms with E-state index in [2.05, 4.69) is 41.8 Å². The maximum Gasteiger partial charge on any atom is 0.119 e. The summed E-state index contributed by atoms with van der Waals surface area (Å²) in [6.45, 7) is 11.8. The molecular formula is C22H34N2O3. The Morgan fingerprint density at radius 1 is 1.07 bits per heavy atom. The summed E-state index contributed by atoms with van der Waals surface area (Å²) in [5.74, 6) is 2.32. The molecule has 5 heteroatoms. The summed E-state index contributed by atoms with van der Waals surface area (Å²) < 4.78 is 11.5. The van der Waals surface area contributed by atoms with Gasteiger partial charge in [0.15, 0.2) is 0 Å². The van der Waals surface area contributed by atoms with Crippen molar-refractivity contribution in [2.24, 2.45) is 11.8 Å². The zero-order valence-electron chi connectivity index (χ0n) is 16.8. The monoisotopic (exact) mass is 374 g/mol. The number of aliphatic hydroxyl groups excluding tert-OH is 1. The van der Waals surface area contributed by atoms with Crippen molar-refractivity contribution in [3.63, 3.8) is 0 Å². The van der Waals surface area contributed by atoms with Crippen LogP contribution in [0.1, 0.15) is 24.0 Å². The molecule has 0 radical (unpaired) electrons. The summed E-state index contributed by atoms with van der Waals surface area (Å²) in [5, 5.41) is 10.7. The van der Waals surface area contributed by atoms with Gasteiger partial charge in [-0.05, 0) is 61.8 Å². The molecule has 27 heavy (non-hydrogen) atoms. The molecular weight excluding hydrogens is 340 g/mol. The van der Waals surface area contributed by atoms with Crippen LogP contribution >= 0.6 is 0 Å². The Kier molecular flexibility index (Phi) is 6.02. The molecule has 150 valence electrons. The SMILES string of the molecule is Cc1ccc(OCCN2C[C@H]3C[C@@H](N4CCOCC4)[C@H](O)C[C@H]3C2)cc1C. The quantitative estimate of drug-likeness (QED) is 0.855. The van der Waals surface area contributed by atoms with Crippen LogP contribution < -0.4 is 4.74 Å². The van der Waals surface area contributed by atoms with Gasteiger partial charge < -0.3 is 14.6 Å². The molecule has 4 rings (SSSR count). The molecule has 1 aliphatic carbocycles. The van der Waals surface area contributed by atoms with E-state index in [4.69, 9.17) is 9.47 Å². The van der Waals surface area contributed by atoms with Gasteiger partial charge in [0.1, 0.15) is 12.4 Å². The molecule has 3 aliphatic rings. The summed E-state index contributed by atoms with van der Waals surface area (Å²) in [6.07, 6.45) is 1.89. The number of rotatable bonds is 5. The summed E-state index contributed by atoms with van der Waals surface area (Å²) in [7, 11) is 0. The number of nitrogens with zero attached hydrogens (tertiary/aromatic N) is 2. The maximum absolute atomic E-state index is 10.7. The number of hydrogen-bond acceptors (Lipinski definition) is 5. The normalized spacial score (nSPS) is 32.4. The molecule has 1 N–H and O–H groups in total. The van der Waals surface area contributed by atoms with Crippen LogP contribution in [0.5, 0.6) is 5.75 Å². The fourth-order valence-electron chi connectivity index (χ4n) is 5.08. The third-order valence-corrected chi connectivity index (χ3v) is 6.85. The van der Waals surface area contributed by atoms with E-state index in [0.29, 0.717) is 17.9 Å². The van der Waals surface area contributed by atoms with E-state index in [1.54, 1.807) is 0 Å². The van der Waals surface area contributed by atoms with Crippen LogP contribution in [-0.2, 0) is 4.74 Å². The summed E-state index contributed by atoms with van der Waals surface area (Å²) >= 11 is 0. The van der Waals surface area contributed by atoms with Crippen molar-refractivity contribution in [2.45, 2.75) is 38.8 Å². The molecule has 0 amide bonds. The van der Waals surface area contributed by atoms with E-state index in [1.807, 2.05) is 0 Å². The van der Waals surface area contributed by atoms with Gasteiger partial charge in [-0.25, -0.2) is 0 Å². The molecule has 0 spiro atoms. The van der Waals surface area contributed by atoms with E-state index in [9.17, 15) is 5.11 Å². The van der Waals surface area contributed by atoms with Crippen LogP contribution in [0.2, 0.25) is 0 Å². The first kappa shape index (κ1) is 19.2. The maximum atomic E-state index is 10.7. The number of aliphatic hydroxyl groups is 1. The number of benzene rings is 1. The Balaban J connectivity index is 1.26. The Morgan fingerprint density at radius 2 is 1.81 bits per heavy atom. The topological polar surface area (TPSA) is 45.2 Å². The lowest BCUT2D eigenvalue weighted by Crippen LogP contribution is -2.53. The molecule has 1 saturated carbocycles. The fraction of sp³-hybridized carbons (Fsp3) is 0.727. The van der Waals surface area contributed by atoms with E-state index < -0.39 is 0 Å². The van der Waals surface area contributed by atoms with Gasteiger partial charge in [0.2, 0.25) is 0 Å². The highest BCUT2D eigenvalue weighted by molar-refractivity contribution is 5.33. The zero-order chi connectivity index (χ0) is 18.8. The highest BCUT2D eigenvalue weighted by Crippen LogP contribution is 2.38. The summed E-state index contributed by atoms with van der Waals surface area (Å²) in [5.41, 5.74) is 2.59. The van der Waals surface area contributed by atoms with Crippen molar-refractivity contribution in [1.82, 2.24) is 9.80 Å². The number of morpholine rings is 1. The predicted octanol–water partition coefficient (Wildman–Crippen LogP) is 2.09. The number of ether oxygens (including phenoxy) is 2. The van der Waals surface area contributed by atoms with Crippen molar-refractivity contribution in [3.8, 4) is 5.75 Å². The first-order valence-corrected chi connectivity index (χ1v) is 10.5. The van der Waals surface area contributed by atoms with Crippen LogP contribution in [0.4, 0.5) is 0 Å². The van der Waals surface area contributed by atoms with Crippen molar-refractivity contribution in [2.75, 3.05) is 52.5 Å². The van der Waals surface area contributed by atoms with Crippen LogP contribution in [-0.4, -0.2) is 79.6 Å². The minimum absolute atomic E-state index is 0.184. The standard InChI is InChI=1S/C22H34N2O3/c1-16-3-4-20(11-17(16)2)27-10-5-23-14-18-12-21(22(25)13-19(18)15-23)24-6-8-26-9-7-24/h3-4,11,18-19,21-22,25H,5-10,12-15H2,1-2H3/t18-,19+,21-,22-/m1/s1. The molecule has 2 aliphatic heterocycles. The first-order valence-electron chi connectivity index (χ1n) is 10.5. The van der Waals surface area contributed by atoms with Gasteiger partial charge in [-0.15, -0.1) is 0 Å². The van der Waals surface area contributed by atoms with Gasteiger partial charge in [-0.2, -0.15) is 0 Å². The van der Waals surface area contributed by atoms with Gasteiger partial charge in [0.05, 0.1) is 19.3 Å². The fourth-order valence-corrected chi connectivity index (χ4v) is 5.08. The van der Waals surface area contributed by atoms with E-state index in [0.717, 1.165) is 71.1 Å². The Labute approximate surface area is 163 Å². The number of aryl methyl sites for hydroxylation is 2. The summed E-state index contributed by atoms with van der Waals surface area (Å²) in [6, 6.07) is 6.64. The Bertz CT molecular complexity index is 632. The van der Waals surface area contributed by atoms with Crippen molar-refractivity contribution in [3.05, 3.63) is 29.3 Å². The molecule has 1 aromatic rings. The van der Waals surface area contributed by atoms with Crippen LogP contribution in [0.25, 0.3) is 0 Å². The number of hydrogen-bond donors (Lipinski definition) is 1. The van der Waals surface area contributed by atoms with Gasteiger partial charge in [-0.1, -0.05) is 6.07 Å². The first-order chi connectivity index (χ1) is 13.1. The van der Waals surface area contributed by atoms with Gasteiger partial charge in [0.25, 0.3) is 0 Å². The molecule has 2 heterocycles. The second-order valence-electron chi connectivity index (χ2n) is 8.63. The molecule has 1 aromatic carbocycles. The van der Waals surface area contributed by atoms with E-state index >= 15 is 0 Å². The average molecular weight is 375 g/mol. The van der Waals surface area contributed by atoms with Gasteiger partial charge in [-0.3, -0.25) is 9.80 Å². The van der Waals surface area contributed by atoms with Crippen LogP contribution in [0.3, 0.4) is 0 Å². The van der Waals surface area contributed by atoms with E-state index in [-0.39, 0.29) is 6.10 Å². The largest absolute Gasteiger partial charge is 0.492 e. The second-order valence-corrected chi connectivity index (χ2v) is 8.63. The average Bonchev–Trinajstić information content (AvgIpc) is 3.06. The Hall–Kier alpha value is -1.14. The highest BCUT2D eigenvalue weighted by atomic mass is 16.5. The number of fused-ring (bicyclic) bond motifs is 1. The number of likely N-dealkylation sites (tertiary alicyclic amines) is 1. The zero-order valence-corrected chi connectivity index (χ0v) is 16.8. The third kappa shape index (κ3) is 4.48. The summed E-state index contributed by atoms with van der Waals surface area (Å²) in [4.78, 5) is 4.99. The van der Waals surface area contributed by atoms with Crippen molar-refractivity contribution >= 4 is 0 Å². The lowest BCUT2D eigenvalue weighted by atomic mass is 9.77. The van der Waals surface area contributed by atoms with Crippen LogP contribution in [0, 0.1) is 25.7 Å². The minimum atomic E-state index is -0.184. The van der Waals surface area contributed by atoms with Gasteiger partial charge in [0, 0.05) is 38.8 Å². The third-order valence-electron chi connectivity index (χ3n) is 6.85. The Morgan fingerprint density at radius 3 is 2.56 bits per heavy atom. The predicted molar refractivity (Wildman–Crippen MR) is 106 cm³/mol. The molecule has 0 bridgehead atoms. The lowest BCUT2D eigenvalue weighted by Gasteiger charge is -2.43. The van der Waals surface area contributed by atoms with Crippen molar-refractivity contribution < 1.29 is 14.6 Å². The molecule has 0 aromatic heterocycles.